The van der Waals surface area contributed by atoms with Gasteiger partial charge < -0.3 is 10.0 Å². The Morgan fingerprint density at radius 3 is 2.26 bits per heavy atom. The van der Waals surface area contributed by atoms with Gasteiger partial charge in [-0.15, -0.1) is 0 Å². The number of carbonyl (C=O) groups is 2. The van der Waals surface area contributed by atoms with Gasteiger partial charge >= 0.3 is 5.97 Å². The van der Waals surface area contributed by atoms with Crippen LogP contribution in [0.2, 0.25) is 0 Å². The van der Waals surface area contributed by atoms with Gasteiger partial charge in [0, 0.05) is 12.1 Å². The molecular weight excluding hydrogens is 242 g/mol. The van der Waals surface area contributed by atoms with Crippen molar-refractivity contribution in [2.45, 2.75) is 57.4 Å². The zero-order valence-electron chi connectivity index (χ0n) is 11.4. The van der Waals surface area contributed by atoms with E-state index in [1.54, 1.807) is 0 Å². The van der Waals surface area contributed by atoms with Crippen molar-refractivity contribution in [1.29, 1.82) is 0 Å². The van der Waals surface area contributed by atoms with E-state index >= 15 is 0 Å². The van der Waals surface area contributed by atoms with E-state index in [4.69, 9.17) is 0 Å². The molecule has 2 fully saturated rings. The zero-order chi connectivity index (χ0) is 13.8. The lowest BCUT2D eigenvalue weighted by molar-refractivity contribution is -0.150. The van der Waals surface area contributed by atoms with Gasteiger partial charge in [0.15, 0.2) is 0 Å². The molecule has 2 aliphatic rings. The molecule has 0 radical (unpaired) electrons. The summed E-state index contributed by atoms with van der Waals surface area (Å²) in [7, 11) is 0. The molecule has 1 saturated carbocycles. The number of amides is 1. The van der Waals surface area contributed by atoms with Crippen LogP contribution in [0.15, 0.2) is 12.2 Å². The van der Waals surface area contributed by atoms with Crippen molar-refractivity contribution < 1.29 is 14.7 Å². The van der Waals surface area contributed by atoms with Crippen LogP contribution in [0, 0.1) is 5.92 Å². The highest BCUT2D eigenvalue weighted by Gasteiger charge is 2.34. The fourth-order valence-corrected chi connectivity index (χ4v) is 3.24. The SMILES string of the molecule is C=C(C(=O)N1CCCCC1C(=O)O)C1CCCCC1. The lowest BCUT2D eigenvalue weighted by atomic mass is 9.83. The van der Waals surface area contributed by atoms with E-state index in [0.717, 1.165) is 38.5 Å². The van der Waals surface area contributed by atoms with Crippen LogP contribution < -0.4 is 0 Å². The Kier molecular flexibility index (Phi) is 4.61. The lowest BCUT2D eigenvalue weighted by Crippen LogP contribution is -2.49. The van der Waals surface area contributed by atoms with Crippen molar-refractivity contribution in [3.8, 4) is 0 Å². The maximum atomic E-state index is 12.5. The van der Waals surface area contributed by atoms with E-state index in [2.05, 4.69) is 6.58 Å². The Labute approximate surface area is 114 Å². The summed E-state index contributed by atoms with van der Waals surface area (Å²) in [6, 6.07) is -0.651. The Balaban J connectivity index is 2.03. The normalized spacial score (nSPS) is 25.1. The smallest absolute Gasteiger partial charge is 0.326 e. The van der Waals surface area contributed by atoms with Crippen LogP contribution in [-0.4, -0.2) is 34.5 Å². The van der Waals surface area contributed by atoms with Crippen LogP contribution in [0.1, 0.15) is 51.4 Å². The monoisotopic (exact) mass is 265 g/mol. The molecule has 1 unspecified atom stereocenters. The molecule has 1 N–H and O–H groups in total. The van der Waals surface area contributed by atoms with Crippen LogP contribution in [-0.2, 0) is 9.59 Å². The second kappa shape index (κ2) is 6.22. The third-order valence-corrected chi connectivity index (χ3v) is 4.42. The molecule has 1 aliphatic carbocycles. The second-order valence-electron chi connectivity index (χ2n) is 5.71. The summed E-state index contributed by atoms with van der Waals surface area (Å²) in [5.74, 6) is -0.749. The number of aliphatic carboxylic acids is 1. The standard InChI is InChI=1S/C15H23NO3/c1-11(12-7-3-2-4-8-12)14(17)16-10-6-5-9-13(16)15(18)19/h12-13H,1-10H2,(H,18,19). The van der Waals surface area contributed by atoms with E-state index in [-0.39, 0.29) is 11.8 Å². The molecule has 4 heteroatoms. The van der Waals surface area contributed by atoms with Gasteiger partial charge in [0.25, 0.3) is 0 Å². The first-order chi connectivity index (χ1) is 9.11. The van der Waals surface area contributed by atoms with Crippen LogP contribution in [0.3, 0.4) is 0 Å². The number of carboxylic acid groups (broad SMARTS) is 1. The minimum absolute atomic E-state index is 0.126. The van der Waals surface area contributed by atoms with Crippen LogP contribution in [0.4, 0.5) is 0 Å². The summed E-state index contributed by atoms with van der Waals surface area (Å²) in [5, 5.41) is 9.23. The number of carbonyl (C=O) groups excluding carboxylic acids is 1. The van der Waals surface area contributed by atoms with E-state index < -0.39 is 12.0 Å². The number of piperidine rings is 1. The zero-order valence-corrected chi connectivity index (χ0v) is 11.4. The third kappa shape index (κ3) is 3.17. The Bertz CT molecular complexity index is 372. The number of likely N-dealkylation sites (tertiary alicyclic amines) is 1. The molecule has 0 bridgehead atoms. The highest BCUT2D eigenvalue weighted by molar-refractivity contribution is 5.96. The fourth-order valence-electron chi connectivity index (χ4n) is 3.24. The number of rotatable bonds is 3. The molecule has 0 spiro atoms. The first-order valence-corrected chi connectivity index (χ1v) is 7.34. The molecule has 4 nitrogen and oxygen atoms in total. The van der Waals surface area contributed by atoms with Crippen LogP contribution in [0.5, 0.6) is 0 Å². The number of nitrogens with zero attached hydrogens (tertiary/aromatic N) is 1. The first kappa shape index (κ1) is 14.1. The molecule has 19 heavy (non-hydrogen) atoms. The highest BCUT2D eigenvalue weighted by atomic mass is 16.4. The van der Waals surface area contributed by atoms with Gasteiger partial charge in [0.1, 0.15) is 6.04 Å². The molecule has 1 saturated heterocycles. The number of hydrogen-bond donors (Lipinski definition) is 1. The fraction of sp³-hybridized carbons (Fsp3) is 0.733. The van der Waals surface area contributed by atoms with E-state index in [1.165, 1.54) is 11.3 Å². The summed E-state index contributed by atoms with van der Waals surface area (Å²) in [4.78, 5) is 25.3. The summed E-state index contributed by atoms with van der Waals surface area (Å²) >= 11 is 0. The third-order valence-electron chi connectivity index (χ3n) is 4.42. The average molecular weight is 265 g/mol. The molecular formula is C15H23NO3. The number of hydrogen-bond acceptors (Lipinski definition) is 2. The molecule has 1 aliphatic heterocycles. The number of carboxylic acids is 1. The van der Waals surface area contributed by atoms with Gasteiger partial charge in [-0.05, 0) is 38.0 Å². The van der Waals surface area contributed by atoms with Crippen molar-refractivity contribution in [3.63, 3.8) is 0 Å². The summed E-state index contributed by atoms with van der Waals surface area (Å²) in [6.45, 7) is 4.52. The maximum Gasteiger partial charge on any atom is 0.326 e. The van der Waals surface area contributed by atoms with Gasteiger partial charge in [-0.2, -0.15) is 0 Å². The van der Waals surface area contributed by atoms with E-state index in [0.29, 0.717) is 18.5 Å². The van der Waals surface area contributed by atoms with Crippen molar-refractivity contribution >= 4 is 11.9 Å². The molecule has 0 aromatic rings. The summed E-state index contributed by atoms with van der Waals surface area (Å²) in [5.41, 5.74) is 0.632. The summed E-state index contributed by atoms with van der Waals surface area (Å²) < 4.78 is 0. The molecule has 0 aromatic carbocycles. The molecule has 1 heterocycles. The molecule has 106 valence electrons. The van der Waals surface area contributed by atoms with Gasteiger partial charge in [-0.3, -0.25) is 4.79 Å². The average Bonchev–Trinajstić information content (AvgIpc) is 2.46. The maximum absolute atomic E-state index is 12.5. The molecule has 1 atom stereocenters. The second-order valence-corrected chi connectivity index (χ2v) is 5.71. The van der Waals surface area contributed by atoms with E-state index in [1.807, 2.05) is 0 Å². The minimum Gasteiger partial charge on any atom is -0.480 e. The minimum atomic E-state index is -0.885. The predicted octanol–water partition coefficient (Wildman–Crippen LogP) is 2.59. The highest BCUT2D eigenvalue weighted by Crippen LogP contribution is 2.31. The predicted molar refractivity (Wildman–Crippen MR) is 72.7 cm³/mol. The Hall–Kier alpha value is -1.32. The summed E-state index contributed by atoms with van der Waals surface area (Å²) in [6.07, 6.45) is 7.94. The van der Waals surface area contributed by atoms with Crippen molar-refractivity contribution in [2.75, 3.05) is 6.54 Å². The van der Waals surface area contributed by atoms with Crippen molar-refractivity contribution in [1.82, 2.24) is 4.90 Å². The lowest BCUT2D eigenvalue weighted by Gasteiger charge is -2.35. The molecule has 2 rings (SSSR count). The van der Waals surface area contributed by atoms with Gasteiger partial charge in [-0.25, -0.2) is 4.79 Å². The molecule has 0 aromatic heterocycles. The van der Waals surface area contributed by atoms with Crippen LogP contribution in [0.25, 0.3) is 0 Å². The Morgan fingerprint density at radius 2 is 1.63 bits per heavy atom. The van der Waals surface area contributed by atoms with Crippen LogP contribution >= 0.6 is 0 Å². The van der Waals surface area contributed by atoms with Gasteiger partial charge in [0.05, 0.1) is 0 Å². The van der Waals surface area contributed by atoms with Gasteiger partial charge in [0.2, 0.25) is 5.91 Å². The van der Waals surface area contributed by atoms with Crippen molar-refractivity contribution in [2.24, 2.45) is 5.92 Å². The van der Waals surface area contributed by atoms with E-state index in [9.17, 15) is 14.7 Å². The molecule has 1 amide bonds. The topological polar surface area (TPSA) is 57.6 Å². The quantitative estimate of drug-likeness (QED) is 0.798. The van der Waals surface area contributed by atoms with Gasteiger partial charge in [-0.1, -0.05) is 25.8 Å². The van der Waals surface area contributed by atoms with Crippen molar-refractivity contribution in [3.05, 3.63) is 12.2 Å². The largest absolute Gasteiger partial charge is 0.480 e. The first-order valence-electron chi connectivity index (χ1n) is 7.34. The Morgan fingerprint density at radius 1 is 1.00 bits per heavy atom.